The van der Waals surface area contributed by atoms with Crippen molar-refractivity contribution in [1.29, 1.82) is 0 Å². The molecule has 0 aliphatic carbocycles. The summed E-state index contributed by atoms with van der Waals surface area (Å²) in [6.45, 7) is 0.554. The lowest BCUT2D eigenvalue weighted by molar-refractivity contribution is 0.350. The highest BCUT2D eigenvalue weighted by Crippen LogP contribution is 2.03. The standard InChI is InChI=1S/C11H13NO/c12-7-6-11-4-1-3-10(9-11)5-2-8-13/h1,3-4,9,13H,6-8,12H2. The van der Waals surface area contributed by atoms with Crippen molar-refractivity contribution in [3.63, 3.8) is 0 Å². The Balaban J connectivity index is 2.79. The number of aliphatic hydroxyl groups excluding tert-OH is 1. The number of hydrogen-bond acceptors (Lipinski definition) is 2. The summed E-state index contributed by atoms with van der Waals surface area (Å²) in [5.74, 6) is 5.46. The molecular formula is C11H13NO. The number of benzene rings is 1. The first-order valence-corrected chi connectivity index (χ1v) is 4.25. The molecule has 0 saturated heterocycles. The van der Waals surface area contributed by atoms with Gasteiger partial charge >= 0.3 is 0 Å². The van der Waals surface area contributed by atoms with E-state index in [-0.39, 0.29) is 6.61 Å². The molecule has 0 spiro atoms. The summed E-state index contributed by atoms with van der Waals surface area (Å²) < 4.78 is 0. The van der Waals surface area contributed by atoms with Gasteiger partial charge in [-0.3, -0.25) is 0 Å². The van der Waals surface area contributed by atoms with E-state index in [1.54, 1.807) is 0 Å². The van der Waals surface area contributed by atoms with Gasteiger partial charge in [-0.2, -0.15) is 0 Å². The van der Waals surface area contributed by atoms with Crippen molar-refractivity contribution in [2.45, 2.75) is 6.42 Å². The Morgan fingerprint density at radius 1 is 1.38 bits per heavy atom. The molecule has 13 heavy (non-hydrogen) atoms. The molecule has 2 nitrogen and oxygen atoms in total. The number of aliphatic hydroxyl groups is 1. The molecule has 0 saturated carbocycles. The second kappa shape index (κ2) is 5.36. The third-order valence-electron chi connectivity index (χ3n) is 1.67. The summed E-state index contributed by atoms with van der Waals surface area (Å²) in [6.07, 6.45) is 0.870. The molecule has 0 unspecified atom stereocenters. The summed E-state index contributed by atoms with van der Waals surface area (Å²) in [5.41, 5.74) is 7.55. The fraction of sp³-hybridized carbons (Fsp3) is 0.273. The molecule has 68 valence electrons. The van der Waals surface area contributed by atoms with Crippen molar-refractivity contribution < 1.29 is 5.11 Å². The molecule has 0 aliphatic rings. The van der Waals surface area contributed by atoms with E-state index in [0.29, 0.717) is 6.54 Å². The van der Waals surface area contributed by atoms with E-state index in [9.17, 15) is 0 Å². The average Bonchev–Trinajstić information content (AvgIpc) is 2.16. The molecule has 0 atom stereocenters. The molecule has 1 aromatic rings. The van der Waals surface area contributed by atoms with Gasteiger partial charge in [-0.15, -0.1) is 0 Å². The van der Waals surface area contributed by atoms with E-state index in [1.807, 2.05) is 24.3 Å². The van der Waals surface area contributed by atoms with E-state index in [0.717, 1.165) is 12.0 Å². The van der Waals surface area contributed by atoms with E-state index >= 15 is 0 Å². The Labute approximate surface area is 78.4 Å². The van der Waals surface area contributed by atoms with Gasteiger partial charge in [0.1, 0.15) is 6.61 Å². The lowest BCUT2D eigenvalue weighted by Gasteiger charge is -1.98. The highest BCUT2D eigenvalue weighted by Gasteiger charge is 1.91. The van der Waals surface area contributed by atoms with Crippen LogP contribution < -0.4 is 5.73 Å². The Bertz CT molecular complexity index is 322. The Morgan fingerprint density at radius 2 is 2.23 bits per heavy atom. The normalized spacial score (nSPS) is 9.08. The van der Waals surface area contributed by atoms with E-state index < -0.39 is 0 Å². The van der Waals surface area contributed by atoms with Crippen LogP contribution in [0, 0.1) is 11.8 Å². The highest BCUT2D eigenvalue weighted by molar-refractivity contribution is 5.37. The first-order valence-electron chi connectivity index (χ1n) is 4.25. The summed E-state index contributed by atoms with van der Waals surface area (Å²) in [7, 11) is 0. The summed E-state index contributed by atoms with van der Waals surface area (Å²) in [6, 6.07) is 7.89. The second-order valence-electron chi connectivity index (χ2n) is 2.70. The van der Waals surface area contributed by atoms with Crippen LogP contribution in [0.1, 0.15) is 11.1 Å². The average molecular weight is 175 g/mol. The van der Waals surface area contributed by atoms with Crippen molar-refractivity contribution in [3.8, 4) is 11.8 Å². The van der Waals surface area contributed by atoms with Gasteiger partial charge in [0.15, 0.2) is 0 Å². The van der Waals surface area contributed by atoms with Crippen LogP contribution in [0.4, 0.5) is 0 Å². The highest BCUT2D eigenvalue weighted by atomic mass is 16.2. The van der Waals surface area contributed by atoms with Crippen molar-refractivity contribution in [2.24, 2.45) is 5.73 Å². The van der Waals surface area contributed by atoms with Crippen LogP contribution in [-0.2, 0) is 6.42 Å². The number of hydrogen-bond donors (Lipinski definition) is 2. The van der Waals surface area contributed by atoms with Crippen molar-refractivity contribution >= 4 is 0 Å². The van der Waals surface area contributed by atoms with E-state index in [2.05, 4.69) is 11.8 Å². The molecule has 0 fully saturated rings. The first kappa shape index (κ1) is 9.79. The van der Waals surface area contributed by atoms with E-state index in [1.165, 1.54) is 5.56 Å². The van der Waals surface area contributed by atoms with Gasteiger partial charge in [-0.1, -0.05) is 24.0 Å². The molecule has 0 amide bonds. The largest absolute Gasteiger partial charge is 0.384 e. The summed E-state index contributed by atoms with van der Waals surface area (Å²) in [5, 5.41) is 8.51. The van der Waals surface area contributed by atoms with Crippen molar-refractivity contribution in [3.05, 3.63) is 35.4 Å². The SMILES string of the molecule is NCCc1cccc(C#CCO)c1. The zero-order valence-corrected chi connectivity index (χ0v) is 7.46. The smallest absolute Gasteiger partial charge is 0.104 e. The third-order valence-corrected chi connectivity index (χ3v) is 1.67. The molecule has 0 aromatic heterocycles. The Morgan fingerprint density at radius 3 is 2.92 bits per heavy atom. The monoisotopic (exact) mass is 175 g/mol. The quantitative estimate of drug-likeness (QED) is 0.644. The van der Waals surface area contributed by atoms with Gasteiger partial charge in [0.25, 0.3) is 0 Å². The van der Waals surface area contributed by atoms with Crippen LogP contribution in [0.2, 0.25) is 0 Å². The van der Waals surface area contributed by atoms with Gasteiger partial charge in [0.05, 0.1) is 0 Å². The van der Waals surface area contributed by atoms with Gasteiger partial charge < -0.3 is 10.8 Å². The molecule has 0 aliphatic heterocycles. The maximum Gasteiger partial charge on any atom is 0.104 e. The second-order valence-corrected chi connectivity index (χ2v) is 2.70. The maximum atomic E-state index is 8.51. The molecular weight excluding hydrogens is 162 g/mol. The molecule has 1 aromatic carbocycles. The maximum absolute atomic E-state index is 8.51. The van der Waals surface area contributed by atoms with Crippen LogP contribution in [0.15, 0.2) is 24.3 Å². The van der Waals surface area contributed by atoms with Crippen molar-refractivity contribution in [2.75, 3.05) is 13.2 Å². The Hall–Kier alpha value is -1.30. The van der Waals surface area contributed by atoms with Crippen LogP contribution >= 0.6 is 0 Å². The fourth-order valence-electron chi connectivity index (χ4n) is 1.11. The first-order chi connectivity index (χ1) is 6.36. The molecule has 2 heteroatoms. The van der Waals surface area contributed by atoms with Gasteiger partial charge in [-0.05, 0) is 30.7 Å². The summed E-state index contributed by atoms with van der Waals surface area (Å²) >= 11 is 0. The number of rotatable bonds is 2. The molecule has 1 rings (SSSR count). The predicted molar refractivity (Wildman–Crippen MR) is 53.2 cm³/mol. The van der Waals surface area contributed by atoms with Crippen LogP contribution in [-0.4, -0.2) is 18.3 Å². The zero-order valence-electron chi connectivity index (χ0n) is 7.46. The lowest BCUT2D eigenvalue weighted by Crippen LogP contribution is -2.02. The van der Waals surface area contributed by atoms with Crippen LogP contribution in [0.25, 0.3) is 0 Å². The van der Waals surface area contributed by atoms with Gasteiger partial charge in [0, 0.05) is 5.56 Å². The van der Waals surface area contributed by atoms with Crippen LogP contribution in [0.3, 0.4) is 0 Å². The minimum Gasteiger partial charge on any atom is -0.384 e. The minimum atomic E-state index is -0.0961. The topological polar surface area (TPSA) is 46.2 Å². The Kier molecular flexibility index (Phi) is 4.04. The van der Waals surface area contributed by atoms with Gasteiger partial charge in [0.2, 0.25) is 0 Å². The molecule has 0 radical (unpaired) electrons. The third kappa shape index (κ3) is 3.29. The molecule has 3 N–H and O–H groups in total. The fourth-order valence-corrected chi connectivity index (χ4v) is 1.11. The molecule has 0 heterocycles. The molecule has 0 bridgehead atoms. The van der Waals surface area contributed by atoms with Crippen LogP contribution in [0.5, 0.6) is 0 Å². The number of nitrogens with two attached hydrogens (primary N) is 1. The van der Waals surface area contributed by atoms with Crippen molar-refractivity contribution in [1.82, 2.24) is 0 Å². The predicted octanol–water partition coefficient (Wildman–Crippen LogP) is 0.532. The van der Waals surface area contributed by atoms with Gasteiger partial charge in [-0.25, -0.2) is 0 Å². The van der Waals surface area contributed by atoms with E-state index in [4.69, 9.17) is 10.8 Å². The minimum absolute atomic E-state index is 0.0961. The lowest BCUT2D eigenvalue weighted by atomic mass is 10.1. The summed E-state index contributed by atoms with van der Waals surface area (Å²) in [4.78, 5) is 0. The zero-order chi connectivity index (χ0) is 9.52.